The molecule has 0 aliphatic carbocycles. The van der Waals surface area contributed by atoms with Crippen LogP contribution in [0.15, 0.2) is 0 Å². The van der Waals surface area contributed by atoms with Gasteiger partial charge in [0.25, 0.3) is 0 Å². The van der Waals surface area contributed by atoms with E-state index in [9.17, 15) is 9.59 Å². The first-order chi connectivity index (χ1) is 8.29. The number of carbonyl (C=O) groups excluding carboxylic acids is 1. The highest BCUT2D eigenvalue weighted by atomic mass is 16.4. The lowest BCUT2D eigenvalue weighted by Crippen LogP contribution is -2.48. The number of carboxylic acid groups (broad SMARTS) is 1. The van der Waals surface area contributed by atoms with Gasteiger partial charge in [0.1, 0.15) is 0 Å². The summed E-state index contributed by atoms with van der Waals surface area (Å²) in [6, 6.07) is -0.366. The molecule has 0 bridgehead atoms. The topological polar surface area (TPSA) is 69.6 Å². The number of urea groups is 1. The highest BCUT2D eigenvalue weighted by Crippen LogP contribution is 2.09. The van der Waals surface area contributed by atoms with Gasteiger partial charge in [-0.3, -0.25) is 4.79 Å². The van der Waals surface area contributed by atoms with E-state index in [1.165, 1.54) is 0 Å². The van der Waals surface area contributed by atoms with Crippen LogP contribution in [0.3, 0.4) is 0 Å². The van der Waals surface area contributed by atoms with Gasteiger partial charge in [-0.25, -0.2) is 4.79 Å². The maximum atomic E-state index is 12.0. The van der Waals surface area contributed by atoms with Crippen molar-refractivity contribution in [1.29, 1.82) is 0 Å². The molecule has 0 rings (SSSR count). The Morgan fingerprint density at radius 2 is 1.83 bits per heavy atom. The number of carbonyl (C=O) groups is 2. The summed E-state index contributed by atoms with van der Waals surface area (Å²) >= 11 is 0. The van der Waals surface area contributed by atoms with E-state index in [-0.39, 0.29) is 24.5 Å². The third-order valence-electron chi connectivity index (χ3n) is 3.28. The molecule has 0 aromatic rings. The Hall–Kier alpha value is -1.26. The molecule has 5 nitrogen and oxygen atoms in total. The molecule has 2 amide bonds. The average molecular weight is 258 g/mol. The Bertz CT molecular complexity index is 279. The summed E-state index contributed by atoms with van der Waals surface area (Å²) in [5.74, 6) is -0.516. The molecule has 0 saturated carbocycles. The lowest BCUT2D eigenvalue weighted by molar-refractivity contribution is -0.137. The quantitative estimate of drug-likeness (QED) is 0.736. The van der Waals surface area contributed by atoms with Gasteiger partial charge in [-0.05, 0) is 19.3 Å². The summed E-state index contributed by atoms with van der Waals surface area (Å²) in [5, 5.41) is 11.6. The van der Waals surface area contributed by atoms with E-state index in [4.69, 9.17) is 5.11 Å². The van der Waals surface area contributed by atoms with E-state index < -0.39 is 5.97 Å². The summed E-state index contributed by atoms with van der Waals surface area (Å²) in [6.45, 7) is 8.06. The molecule has 5 heteroatoms. The van der Waals surface area contributed by atoms with Crippen LogP contribution in [0.1, 0.15) is 47.0 Å². The molecule has 0 heterocycles. The van der Waals surface area contributed by atoms with Crippen molar-refractivity contribution in [2.45, 2.75) is 59.0 Å². The lowest BCUT2D eigenvalue weighted by atomic mass is 10.1. The van der Waals surface area contributed by atoms with Crippen molar-refractivity contribution >= 4 is 12.0 Å². The van der Waals surface area contributed by atoms with Crippen molar-refractivity contribution in [3.05, 3.63) is 0 Å². The molecule has 0 aromatic heterocycles. The second-order valence-electron chi connectivity index (χ2n) is 5.13. The zero-order valence-electron chi connectivity index (χ0n) is 12.1. The molecule has 0 radical (unpaired) electrons. The zero-order chi connectivity index (χ0) is 14.3. The Morgan fingerprint density at radius 1 is 1.28 bits per heavy atom. The normalized spacial score (nSPS) is 14.1. The van der Waals surface area contributed by atoms with Crippen molar-refractivity contribution < 1.29 is 14.7 Å². The number of rotatable bonds is 7. The van der Waals surface area contributed by atoms with E-state index >= 15 is 0 Å². The first kappa shape index (κ1) is 16.7. The average Bonchev–Trinajstić information content (AvgIpc) is 2.26. The Kier molecular flexibility index (Phi) is 7.39. The van der Waals surface area contributed by atoms with E-state index in [1.54, 1.807) is 11.9 Å². The summed E-state index contributed by atoms with van der Waals surface area (Å²) in [6.07, 6.45) is 1.51. The van der Waals surface area contributed by atoms with Crippen LogP contribution in [-0.4, -0.2) is 41.1 Å². The SMILES string of the molecule is CCCC(CC(=O)O)NC(=O)N(C)C(C)C(C)C. The van der Waals surface area contributed by atoms with Crippen LogP contribution in [0.5, 0.6) is 0 Å². The summed E-state index contributed by atoms with van der Waals surface area (Å²) < 4.78 is 0. The number of carboxylic acids is 1. The molecule has 18 heavy (non-hydrogen) atoms. The van der Waals surface area contributed by atoms with E-state index in [0.29, 0.717) is 12.3 Å². The monoisotopic (exact) mass is 258 g/mol. The smallest absolute Gasteiger partial charge is 0.317 e. The Balaban J connectivity index is 4.44. The minimum absolute atomic E-state index is 0.0243. The van der Waals surface area contributed by atoms with Gasteiger partial charge < -0.3 is 15.3 Å². The summed E-state index contributed by atoms with van der Waals surface area (Å²) in [4.78, 5) is 24.3. The lowest BCUT2D eigenvalue weighted by Gasteiger charge is -2.30. The molecule has 2 atom stereocenters. The molecule has 0 saturated heterocycles. The minimum Gasteiger partial charge on any atom is -0.481 e. The predicted octanol–water partition coefficient (Wildman–Crippen LogP) is 2.32. The molecule has 106 valence electrons. The van der Waals surface area contributed by atoms with Gasteiger partial charge in [-0.15, -0.1) is 0 Å². The minimum atomic E-state index is -0.881. The summed E-state index contributed by atoms with van der Waals surface area (Å²) in [7, 11) is 1.74. The summed E-state index contributed by atoms with van der Waals surface area (Å²) in [5.41, 5.74) is 0. The molecule has 0 aromatic carbocycles. The van der Waals surface area contributed by atoms with E-state index in [2.05, 4.69) is 19.2 Å². The largest absolute Gasteiger partial charge is 0.481 e. The number of hydrogen-bond donors (Lipinski definition) is 2. The fraction of sp³-hybridized carbons (Fsp3) is 0.846. The molecule has 2 N–H and O–H groups in total. The molecule has 0 aliphatic rings. The number of hydrogen-bond acceptors (Lipinski definition) is 2. The number of nitrogens with one attached hydrogen (secondary N) is 1. The highest BCUT2D eigenvalue weighted by Gasteiger charge is 2.21. The maximum Gasteiger partial charge on any atom is 0.317 e. The van der Waals surface area contributed by atoms with E-state index in [0.717, 1.165) is 6.42 Å². The van der Waals surface area contributed by atoms with Gasteiger partial charge >= 0.3 is 12.0 Å². The Morgan fingerprint density at radius 3 is 2.22 bits per heavy atom. The molecular weight excluding hydrogens is 232 g/mol. The van der Waals surface area contributed by atoms with Crippen molar-refractivity contribution in [1.82, 2.24) is 10.2 Å². The first-order valence-corrected chi connectivity index (χ1v) is 6.54. The van der Waals surface area contributed by atoms with E-state index in [1.807, 2.05) is 13.8 Å². The number of nitrogens with zero attached hydrogens (tertiary/aromatic N) is 1. The second-order valence-corrected chi connectivity index (χ2v) is 5.13. The van der Waals surface area contributed by atoms with Crippen molar-refractivity contribution in [3.63, 3.8) is 0 Å². The van der Waals surface area contributed by atoms with Gasteiger partial charge in [0, 0.05) is 19.1 Å². The van der Waals surface area contributed by atoms with Crippen molar-refractivity contribution in [2.24, 2.45) is 5.92 Å². The molecule has 0 aliphatic heterocycles. The fourth-order valence-corrected chi connectivity index (χ4v) is 1.69. The van der Waals surface area contributed by atoms with Crippen LogP contribution in [0.25, 0.3) is 0 Å². The van der Waals surface area contributed by atoms with Crippen LogP contribution < -0.4 is 5.32 Å². The fourth-order valence-electron chi connectivity index (χ4n) is 1.69. The van der Waals surface area contributed by atoms with Crippen molar-refractivity contribution in [2.75, 3.05) is 7.05 Å². The third kappa shape index (κ3) is 5.89. The number of amides is 2. The molecule has 0 spiro atoms. The zero-order valence-corrected chi connectivity index (χ0v) is 12.1. The van der Waals surface area contributed by atoms with Gasteiger partial charge in [-0.2, -0.15) is 0 Å². The van der Waals surface area contributed by atoms with Gasteiger partial charge in [0.2, 0.25) is 0 Å². The predicted molar refractivity (Wildman–Crippen MR) is 71.5 cm³/mol. The van der Waals surface area contributed by atoms with Crippen LogP contribution in [0, 0.1) is 5.92 Å². The molecule has 0 fully saturated rings. The van der Waals surface area contributed by atoms with Crippen LogP contribution in [0.2, 0.25) is 0 Å². The van der Waals surface area contributed by atoms with Crippen LogP contribution in [-0.2, 0) is 4.79 Å². The third-order valence-corrected chi connectivity index (χ3v) is 3.28. The van der Waals surface area contributed by atoms with Crippen LogP contribution >= 0.6 is 0 Å². The van der Waals surface area contributed by atoms with Gasteiger partial charge in [0.15, 0.2) is 0 Å². The number of aliphatic carboxylic acids is 1. The highest BCUT2D eigenvalue weighted by molar-refractivity contribution is 5.76. The van der Waals surface area contributed by atoms with Gasteiger partial charge in [-0.1, -0.05) is 27.2 Å². The maximum absolute atomic E-state index is 12.0. The molecule has 2 unspecified atom stereocenters. The standard InChI is InChI=1S/C13H26N2O3/c1-6-7-11(8-12(16)17)14-13(18)15(5)10(4)9(2)3/h9-11H,6-8H2,1-5H3,(H,14,18)(H,16,17). The Labute approximate surface area is 110 Å². The second kappa shape index (κ2) is 7.95. The van der Waals surface area contributed by atoms with Crippen molar-refractivity contribution in [3.8, 4) is 0 Å². The van der Waals surface area contributed by atoms with Crippen LogP contribution in [0.4, 0.5) is 4.79 Å². The first-order valence-electron chi connectivity index (χ1n) is 6.54. The molecular formula is C13H26N2O3. The van der Waals surface area contributed by atoms with Gasteiger partial charge in [0.05, 0.1) is 6.42 Å².